The lowest BCUT2D eigenvalue weighted by Crippen LogP contribution is -2.35. The van der Waals surface area contributed by atoms with Crippen molar-refractivity contribution < 1.29 is 22.4 Å². The quantitative estimate of drug-likeness (QED) is 0.552. The SMILES string of the molecule is CC(F)(c1ccccc1C=O)C(F)(F)F. The van der Waals surface area contributed by atoms with Crippen molar-refractivity contribution in [3.8, 4) is 0 Å². The third kappa shape index (κ3) is 2.00. The molecule has 1 rings (SSSR count). The van der Waals surface area contributed by atoms with E-state index in [-0.39, 0.29) is 11.8 Å². The molecule has 1 atom stereocenters. The highest BCUT2D eigenvalue weighted by atomic mass is 19.4. The van der Waals surface area contributed by atoms with Crippen LogP contribution in [0.2, 0.25) is 0 Å². The van der Waals surface area contributed by atoms with E-state index in [1.54, 1.807) is 0 Å². The highest BCUT2D eigenvalue weighted by molar-refractivity contribution is 5.77. The van der Waals surface area contributed by atoms with Gasteiger partial charge in [0.25, 0.3) is 0 Å². The van der Waals surface area contributed by atoms with E-state index in [2.05, 4.69) is 0 Å². The van der Waals surface area contributed by atoms with Gasteiger partial charge < -0.3 is 0 Å². The summed E-state index contributed by atoms with van der Waals surface area (Å²) in [4.78, 5) is 10.5. The second-order valence-electron chi connectivity index (χ2n) is 3.21. The van der Waals surface area contributed by atoms with Gasteiger partial charge in [0, 0.05) is 11.1 Å². The van der Waals surface area contributed by atoms with Gasteiger partial charge in [-0.2, -0.15) is 13.2 Å². The number of carbonyl (C=O) groups excluding carboxylic acids is 1. The zero-order valence-electron chi connectivity index (χ0n) is 7.81. The Kier molecular flexibility index (Phi) is 2.83. The highest BCUT2D eigenvalue weighted by Crippen LogP contribution is 2.42. The molecule has 1 aromatic rings. The van der Waals surface area contributed by atoms with Crippen LogP contribution in [0.4, 0.5) is 17.6 Å². The van der Waals surface area contributed by atoms with Crippen LogP contribution >= 0.6 is 0 Å². The van der Waals surface area contributed by atoms with E-state index < -0.39 is 17.4 Å². The fraction of sp³-hybridized carbons (Fsp3) is 0.300. The van der Waals surface area contributed by atoms with Crippen molar-refractivity contribution in [3.05, 3.63) is 35.4 Å². The van der Waals surface area contributed by atoms with Gasteiger partial charge in [0.05, 0.1) is 0 Å². The van der Waals surface area contributed by atoms with Crippen molar-refractivity contribution in [3.63, 3.8) is 0 Å². The lowest BCUT2D eigenvalue weighted by atomic mass is 9.93. The first kappa shape index (κ1) is 11.7. The molecule has 0 aliphatic rings. The standard InChI is InChI=1S/C10H8F4O/c1-9(11,10(12,13)14)8-5-3-2-4-7(8)6-15/h2-6H,1H3. The van der Waals surface area contributed by atoms with Crippen molar-refractivity contribution in [1.82, 2.24) is 0 Å². The monoisotopic (exact) mass is 220 g/mol. The van der Waals surface area contributed by atoms with E-state index in [1.807, 2.05) is 0 Å². The van der Waals surface area contributed by atoms with Gasteiger partial charge in [0.2, 0.25) is 5.67 Å². The fourth-order valence-electron chi connectivity index (χ4n) is 1.18. The van der Waals surface area contributed by atoms with Gasteiger partial charge in [0.15, 0.2) is 0 Å². The van der Waals surface area contributed by atoms with Gasteiger partial charge in [-0.1, -0.05) is 24.3 Å². The number of aldehydes is 1. The summed E-state index contributed by atoms with van der Waals surface area (Å²) < 4.78 is 50.5. The Bertz CT molecular complexity index is 368. The second-order valence-corrected chi connectivity index (χ2v) is 3.21. The van der Waals surface area contributed by atoms with Crippen LogP contribution in [0.3, 0.4) is 0 Å². The zero-order valence-corrected chi connectivity index (χ0v) is 7.81. The number of halogens is 4. The van der Waals surface area contributed by atoms with Gasteiger partial charge in [-0.05, 0) is 6.92 Å². The van der Waals surface area contributed by atoms with Gasteiger partial charge in [-0.25, -0.2) is 4.39 Å². The molecule has 0 aliphatic heterocycles. The van der Waals surface area contributed by atoms with E-state index >= 15 is 0 Å². The minimum absolute atomic E-state index is 0.207. The Hall–Kier alpha value is -1.39. The molecule has 0 aromatic heterocycles. The Morgan fingerprint density at radius 3 is 2.13 bits per heavy atom. The molecule has 15 heavy (non-hydrogen) atoms. The maximum absolute atomic E-state index is 13.5. The summed E-state index contributed by atoms with van der Waals surface area (Å²) >= 11 is 0. The molecular weight excluding hydrogens is 212 g/mol. The summed E-state index contributed by atoms with van der Waals surface area (Å²) in [5.74, 6) is 0. The Balaban J connectivity index is 3.32. The number of alkyl halides is 4. The molecular formula is C10H8F4O. The van der Waals surface area contributed by atoms with Gasteiger partial charge in [-0.3, -0.25) is 4.79 Å². The third-order valence-corrected chi connectivity index (χ3v) is 2.13. The molecule has 0 bridgehead atoms. The molecule has 0 spiro atoms. The summed E-state index contributed by atoms with van der Waals surface area (Å²) in [5.41, 5.74) is -4.46. The average molecular weight is 220 g/mol. The van der Waals surface area contributed by atoms with Gasteiger partial charge in [0.1, 0.15) is 6.29 Å². The smallest absolute Gasteiger partial charge is 0.298 e. The molecule has 0 heterocycles. The van der Waals surface area contributed by atoms with Crippen LogP contribution in [0.1, 0.15) is 22.8 Å². The van der Waals surface area contributed by atoms with E-state index in [0.717, 1.165) is 12.1 Å². The molecule has 5 heteroatoms. The topological polar surface area (TPSA) is 17.1 Å². The third-order valence-electron chi connectivity index (χ3n) is 2.13. The fourth-order valence-corrected chi connectivity index (χ4v) is 1.18. The number of carbonyl (C=O) groups is 1. The Labute approximate surface area is 83.7 Å². The number of hydrogen-bond acceptors (Lipinski definition) is 1. The van der Waals surface area contributed by atoms with E-state index in [1.165, 1.54) is 12.1 Å². The first-order valence-corrected chi connectivity index (χ1v) is 4.11. The molecule has 82 valence electrons. The van der Waals surface area contributed by atoms with Crippen LogP contribution in [0.5, 0.6) is 0 Å². The normalized spacial score (nSPS) is 15.8. The zero-order chi connectivity index (χ0) is 11.7. The van der Waals surface area contributed by atoms with E-state index in [9.17, 15) is 22.4 Å². The average Bonchev–Trinajstić information content (AvgIpc) is 2.16. The molecule has 0 amide bonds. The van der Waals surface area contributed by atoms with Crippen LogP contribution in [0.25, 0.3) is 0 Å². The molecule has 0 radical (unpaired) electrons. The van der Waals surface area contributed by atoms with Crippen molar-refractivity contribution in [2.75, 3.05) is 0 Å². The van der Waals surface area contributed by atoms with Crippen LogP contribution in [-0.2, 0) is 5.67 Å². The van der Waals surface area contributed by atoms with Crippen LogP contribution in [0.15, 0.2) is 24.3 Å². The molecule has 1 unspecified atom stereocenters. The number of rotatable bonds is 2. The molecule has 0 saturated carbocycles. The van der Waals surface area contributed by atoms with Crippen LogP contribution in [-0.4, -0.2) is 12.5 Å². The lowest BCUT2D eigenvalue weighted by molar-refractivity contribution is -0.228. The summed E-state index contributed by atoms with van der Waals surface area (Å²) in [5, 5.41) is 0. The predicted molar refractivity (Wildman–Crippen MR) is 46.3 cm³/mol. The molecule has 0 saturated heterocycles. The number of benzene rings is 1. The molecule has 1 aromatic carbocycles. The van der Waals surface area contributed by atoms with Gasteiger partial charge in [-0.15, -0.1) is 0 Å². The minimum atomic E-state index is -5.04. The largest absolute Gasteiger partial charge is 0.426 e. The number of hydrogen-bond donors (Lipinski definition) is 0. The summed E-state index contributed by atoms with van der Waals surface area (Å²) in [6, 6.07) is 4.73. The van der Waals surface area contributed by atoms with Crippen molar-refractivity contribution in [1.29, 1.82) is 0 Å². The molecule has 0 fully saturated rings. The second kappa shape index (κ2) is 3.64. The Morgan fingerprint density at radius 2 is 1.67 bits per heavy atom. The van der Waals surface area contributed by atoms with Crippen molar-refractivity contribution in [2.24, 2.45) is 0 Å². The summed E-state index contributed by atoms with van der Waals surface area (Å²) in [6.45, 7) is 0.398. The highest BCUT2D eigenvalue weighted by Gasteiger charge is 2.54. The van der Waals surface area contributed by atoms with Crippen molar-refractivity contribution in [2.45, 2.75) is 18.8 Å². The van der Waals surface area contributed by atoms with Crippen LogP contribution in [0, 0.1) is 0 Å². The molecule has 0 N–H and O–H groups in total. The maximum Gasteiger partial charge on any atom is 0.426 e. The van der Waals surface area contributed by atoms with Gasteiger partial charge >= 0.3 is 6.18 Å². The molecule has 0 aliphatic carbocycles. The summed E-state index contributed by atoms with van der Waals surface area (Å²) in [6.07, 6.45) is -4.83. The first-order valence-electron chi connectivity index (χ1n) is 4.11. The van der Waals surface area contributed by atoms with E-state index in [0.29, 0.717) is 6.92 Å². The minimum Gasteiger partial charge on any atom is -0.298 e. The van der Waals surface area contributed by atoms with Crippen molar-refractivity contribution >= 4 is 6.29 Å². The maximum atomic E-state index is 13.5. The molecule has 1 nitrogen and oxygen atoms in total. The predicted octanol–water partition coefficient (Wildman–Crippen LogP) is 3.25. The first-order chi connectivity index (χ1) is 6.80. The lowest BCUT2D eigenvalue weighted by Gasteiger charge is -2.24. The van der Waals surface area contributed by atoms with E-state index in [4.69, 9.17) is 0 Å². The van der Waals surface area contributed by atoms with Crippen LogP contribution < -0.4 is 0 Å². The Morgan fingerprint density at radius 1 is 1.13 bits per heavy atom. The summed E-state index contributed by atoms with van der Waals surface area (Å²) in [7, 11) is 0.